The van der Waals surface area contributed by atoms with Gasteiger partial charge >= 0.3 is 0 Å². The van der Waals surface area contributed by atoms with Gasteiger partial charge in [-0.3, -0.25) is 0 Å². The minimum absolute atomic E-state index is 0.149. The number of benzene rings is 1. The Balaban J connectivity index is 2.15. The molecule has 1 heterocycles. The van der Waals surface area contributed by atoms with Gasteiger partial charge in [-0.05, 0) is 51.5 Å². The van der Waals surface area contributed by atoms with E-state index in [-0.39, 0.29) is 5.54 Å². The van der Waals surface area contributed by atoms with Crippen LogP contribution in [-0.2, 0) is 0 Å². The molecule has 0 radical (unpaired) electrons. The highest BCUT2D eigenvalue weighted by molar-refractivity contribution is 5.49. The highest BCUT2D eigenvalue weighted by Gasteiger charge is 2.27. The molecule has 1 atom stereocenters. The number of rotatable bonds is 2. The van der Waals surface area contributed by atoms with Gasteiger partial charge in [0.1, 0.15) is 5.75 Å². The summed E-state index contributed by atoms with van der Waals surface area (Å²) in [7, 11) is 1.70. The van der Waals surface area contributed by atoms with Gasteiger partial charge in [0.05, 0.1) is 7.11 Å². The van der Waals surface area contributed by atoms with Gasteiger partial charge < -0.3 is 15.0 Å². The van der Waals surface area contributed by atoms with E-state index >= 15 is 0 Å². The molecule has 1 saturated heterocycles. The minimum atomic E-state index is 0.149. The van der Waals surface area contributed by atoms with Crippen LogP contribution in [0.25, 0.3) is 0 Å². The molecule has 3 heteroatoms. The molecule has 2 rings (SSSR count). The molecule has 0 bridgehead atoms. The monoisotopic (exact) mass is 248 g/mol. The first kappa shape index (κ1) is 13.2. The maximum atomic E-state index is 5.21. The molecule has 1 aromatic carbocycles. The molecule has 1 N–H and O–H groups in total. The maximum Gasteiger partial charge on any atom is 0.119 e. The van der Waals surface area contributed by atoms with Gasteiger partial charge in [-0.25, -0.2) is 0 Å². The van der Waals surface area contributed by atoms with E-state index in [0.717, 1.165) is 18.8 Å². The van der Waals surface area contributed by atoms with Crippen molar-refractivity contribution in [2.75, 3.05) is 25.1 Å². The van der Waals surface area contributed by atoms with Crippen molar-refractivity contribution >= 4 is 5.69 Å². The number of methoxy groups -OCH3 is 1. The van der Waals surface area contributed by atoms with Crippen LogP contribution in [0.15, 0.2) is 24.3 Å². The summed E-state index contributed by atoms with van der Waals surface area (Å²) < 4.78 is 5.21. The zero-order chi connectivity index (χ0) is 13.2. The second-order valence-electron chi connectivity index (χ2n) is 5.84. The highest BCUT2D eigenvalue weighted by Crippen LogP contribution is 2.23. The van der Waals surface area contributed by atoms with Crippen LogP contribution in [0.4, 0.5) is 5.69 Å². The fourth-order valence-electron chi connectivity index (χ4n) is 2.70. The molecule has 0 aliphatic carbocycles. The first-order valence-corrected chi connectivity index (χ1v) is 6.67. The van der Waals surface area contributed by atoms with Crippen molar-refractivity contribution in [3.8, 4) is 5.75 Å². The third-order valence-electron chi connectivity index (χ3n) is 3.49. The van der Waals surface area contributed by atoms with Gasteiger partial charge in [0.15, 0.2) is 0 Å². The van der Waals surface area contributed by atoms with Crippen molar-refractivity contribution in [2.24, 2.45) is 0 Å². The fourth-order valence-corrected chi connectivity index (χ4v) is 2.70. The van der Waals surface area contributed by atoms with Crippen LogP contribution in [0.2, 0.25) is 0 Å². The number of ether oxygens (including phenoxy) is 1. The number of nitrogens with one attached hydrogen (secondary N) is 1. The largest absolute Gasteiger partial charge is 0.497 e. The Morgan fingerprint density at radius 3 is 2.56 bits per heavy atom. The van der Waals surface area contributed by atoms with Crippen LogP contribution >= 0.6 is 0 Å². The molecule has 3 nitrogen and oxygen atoms in total. The van der Waals surface area contributed by atoms with Crippen LogP contribution < -0.4 is 15.0 Å². The minimum Gasteiger partial charge on any atom is -0.497 e. The lowest BCUT2D eigenvalue weighted by atomic mass is 10.0. The van der Waals surface area contributed by atoms with Crippen molar-refractivity contribution in [3.05, 3.63) is 24.3 Å². The molecule has 1 fully saturated rings. The molecule has 1 aliphatic rings. The molecule has 0 aromatic heterocycles. The first-order chi connectivity index (χ1) is 8.50. The van der Waals surface area contributed by atoms with Crippen LogP contribution in [0.1, 0.15) is 27.2 Å². The molecule has 0 amide bonds. The first-order valence-electron chi connectivity index (χ1n) is 6.67. The van der Waals surface area contributed by atoms with Crippen LogP contribution in [0, 0.1) is 0 Å². The van der Waals surface area contributed by atoms with Crippen molar-refractivity contribution < 1.29 is 4.74 Å². The number of hydrogen-bond donors (Lipinski definition) is 1. The third-order valence-corrected chi connectivity index (χ3v) is 3.49. The lowest BCUT2D eigenvalue weighted by Gasteiger charge is -2.32. The highest BCUT2D eigenvalue weighted by atomic mass is 16.5. The SMILES string of the molecule is COc1ccc(N2CCC(C)NC(C)(C)C2)cc1. The normalized spacial score (nSPS) is 23.6. The predicted octanol–water partition coefficient (Wildman–Crippen LogP) is 2.66. The number of anilines is 1. The zero-order valence-corrected chi connectivity index (χ0v) is 11.9. The van der Waals surface area contributed by atoms with Gasteiger partial charge in [-0.1, -0.05) is 0 Å². The molecule has 1 aromatic rings. The fraction of sp³-hybridized carbons (Fsp3) is 0.600. The smallest absolute Gasteiger partial charge is 0.119 e. The Bertz CT molecular complexity index is 386. The average molecular weight is 248 g/mol. The maximum absolute atomic E-state index is 5.21. The van der Waals surface area contributed by atoms with E-state index in [4.69, 9.17) is 4.74 Å². The zero-order valence-electron chi connectivity index (χ0n) is 11.9. The van der Waals surface area contributed by atoms with Crippen LogP contribution in [-0.4, -0.2) is 31.8 Å². The van der Waals surface area contributed by atoms with Gasteiger partial charge in [0, 0.05) is 30.4 Å². The molecule has 100 valence electrons. The van der Waals surface area contributed by atoms with Crippen molar-refractivity contribution in [3.63, 3.8) is 0 Å². The van der Waals surface area contributed by atoms with E-state index in [1.807, 2.05) is 12.1 Å². The topological polar surface area (TPSA) is 24.5 Å². The average Bonchev–Trinajstić information content (AvgIpc) is 2.47. The van der Waals surface area contributed by atoms with Gasteiger partial charge in [-0.2, -0.15) is 0 Å². The standard InChI is InChI=1S/C15H24N2O/c1-12-9-10-17(11-15(2,3)16-12)13-5-7-14(18-4)8-6-13/h5-8,12,16H,9-11H2,1-4H3. The predicted molar refractivity (Wildman–Crippen MR) is 76.5 cm³/mol. The van der Waals surface area contributed by atoms with Crippen LogP contribution in [0.3, 0.4) is 0 Å². The number of hydrogen-bond acceptors (Lipinski definition) is 3. The number of nitrogens with zero attached hydrogens (tertiary/aromatic N) is 1. The Hall–Kier alpha value is -1.22. The molecular weight excluding hydrogens is 224 g/mol. The Morgan fingerprint density at radius 1 is 1.28 bits per heavy atom. The van der Waals surface area contributed by atoms with Crippen molar-refractivity contribution in [1.29, 1.82) is 0 Å². The van der Waals surface area contributed by atoms with Crippen molar-refractivity contribution in [1.82, 2.24) is 5.32 Å². The van der Waals surface area contributed by atoms with E-state index in [2.05, 4.69) is 43.1 Å². The summed E-state index contributed by atoms with van der Waals surface area (Å²) in [5.74, 6) is 0.916. The molecule has 18 heavy (non-hydrogen) atoms. The van der Waals surface area contributed by atoms with Gasteiger partial charge in [0.25, 0.3) is 0 Å². The second-order valence-corrected chi connectivity index (χ2v) is 5.84. The van der Waals surface area contributed by atoms with Crippen LogP contribution in [0.5, 0.6) is 5.75 Å². The van der Waals surface area contributed by atoms with Gasteiger partial charge in [0.2, 0.25) is 0 Å². The van der Waals surface area contributed by atoms with E-state index in [1.54, 1.807) is 7.11 Å². The Kier molecular flexibility index (Phi) is 3.81. The summed E-state index contributed by atoms with van der Waals surface area (Å²) in [6.07, 6.45) is 1.18. The molecule has 0 saturated carbocycles. The Labute approximate surface area is 110 Å². The summed E-state index contributed by atoms with van der Waals surface area (Å²) in [6, 6.07) is 8.92. The summed E-state index contributed by atoms with van der Waals surface area (Å²) in [4.78, 5) is 2.45. The van der Waals surface area contributed by atoms with E-state index in [1.165, 1.54) is 12.1 Å². The van der Waals surface area contributed by atoms with E-state index in [9.17, 15) is 0 Å². The molecule has 1 unspecified atom stereocenters. The molecule has 1 aliphatic heterocycles. The Morgan fingerprint density at radius 2 is 1.94 bits per heavy atom. The summed E-state index contributed by atoms with van der Waals surface area (Å²) in [5.41, 5.74) is 1.43. The molecular formula is C15H24N2O. The lowest BCUT2D eigenvalue weighted by Crippen LogP contribution is -2.48. The van der Waals surface area contributed by atoms with E-state index in [0.29, 0.717) is 6.04 Å². The van der Waals surface area contributed by atoms with Crippen molar-refractivity contribution in [2.45, 2.75) is 38.8 Å². The third kappa shape index (κ3) is 3.16. The van der Waals surface area contributed by atoms with E-state index < -0.39 is 0 Å². The van der Waals surface area contributed by atoms with Gasteiger partial charge in [-0.15, -0.1) is 0 Å². The summed E-state index contributed by atoms with van der Waals surface area (Å²) in [5, 5.41) is 3.67. The quantitative estimate of drug-likeness (QED) is 0.871. The summed E-state index contributed by atoms with van der Waals surface area (Å²) >= 11 is 0. The summed E-state index contributed by atoms with van der Waals surface area (Å²) in [6.45, 7) is 8.93. The second kappa shape index (κ2) is 5.19. The lowest BCUT2D eigenvalue weighted by molar-refractivity contribution is 0.368. The molecule has 0 spiro atoms.